The Morgan fingerprint density at radius 3 is 1.28 bits per heavy atom. The zero-order chi connectivity index (χ0) is 59.5. The third kappa shape index (κ3) is 11.3. The first-order valence-corrected chi connectivity index (χ1v) is 33.3. The summed E-state index contributed by atoms with van der Waals surface area (Å²) in [4.78, 5) is 59.8. The van der Waals surface area contributed by atoms with Crippen LogP contribution in [0.2, 0.25) is 0 Å². The maximum atomic E-state index is 11.4. The lowest BCUT2D eigenvalue weighted by Gasteiger charge is -2.41. The minimum Gasteiger partial charge on any atom is -0.460 e. The Labute approximate surface area is 495 Å². The lowest BCUT2D eigenvalue weighted by molar-refractivity contribution is -0.168. The third-order valence-electron chi connectivity index (χ3n) is 26.6. The number of fused-ring (bicyclic) bond motifs is 25. The maximum absolute atomic E-state index is 11.4. The van der Waals surface area contributed by atoms with Gasteiger partial charge in [-0.2, -0.15) is 5.26 Å². The number of hydrogen-bond donors (Lipinski definition) is 2. The van der Waals surface area contributed by atoms with Crippen LogP contribution in [-0.2, 0) is 47.7 Å². The van der Waals surface area contributed by atoms with Crippen molar-refractivity contribution in [2.45, 2.75) is 263 Å². The summed E-state index contributed by atoms with van der Waals surface area (Å²) >= 11 is 0. The van der Waals surface area contributed by atoms with E-state index in [0.29, 0.717) is 82.9 Å². The second kappa shape index (κ2) is 22.8. The van der Waals surface area contributed by atoms with Gasteiger partial charge in [0, 0.05) is 64.7 Å². The maximum Gasteiger partial charge on any atom is 0.303 e. The average molecular weight is 1150 g/mol. The fourth-order valence-electron chi connectivity index (χ4n) is 24.5. The van der Waals surface area contributed by atoms with Crippen LogP contribution in [0.4, 0.5) is 0 Å². The minimum atomic E-state index is -0.262. The van der Waals surface area contributed by atoms with Crippen molar-refractivity contribution >= 4 is 29.8 Å². The van der Waals surface area contributed by atoms with Crippen LogP contribution < -0.4 is 0 Å². The summed E-state index contributed by atoms with van der Waals surface area (Å²) in [7, 11) is 0. The van der Waals surface area contributed by atoms with E-state index in [1.165, 1.54) is 79.6 Å². The Balaban J connectivity index is 0.000000109. The summed E-state index contributed by atoms with van der Waals surface area (Å²) in [5.74, 6) is 13.3. The van der Waals surface area contributed by atoms with E-state index in [2.05, 4.69) is 45.5 Å². The molecule has 15 rings (SSSR count). The van der Waals surface area contributed by atoms with Gasteiger partial charge in [-0.25, -0.2) is 6.57 Å². The number of aliphatic hydroxyl groups is 2. The Morgan fingerprint density at radius 2 is 0.831 bits per heavy atom. The fraction of sp³-hybridized carbons (Fsp3) is 0.899. The van der Waals surface area contributed by atoms with Crippen LogP contribution in [0.15, 0.2) is 0 Å². The number of ether oxygens (including phenoxy) is 5. The van der Waals surface area contributed by atoms with Gasteiger partial charge in [0.2, 0.25) is 6.04 Å². The van der Waals surface area contributed by atoms with Crippen molar-refractivity contribution in [3.05, 3.63) is 11.4 Å². The highest BCUT2D eigenvalue weighted by atomic mass is 16.6. The van der Waals surface area contributed by atoms with Crippen molar-refractivity contribution in [1.82, 2.24) is 0 Å². The highest BCUT2D eigenvalue weighted by Crippen LogP contribution is 2.68. The highest BCUT2D eigenvalue weighted by Gasteiger charge is 2.66. The summed E-state index contributed by atoms with van der Waals surface area (Å²) in [6.07, 6.45) is 25.2. The van der Waals surface area contributed by atoms with E-state index in [1.807, 2.05) is 0 Å². The molecule has 0 aromatic carbocycles. The molecule has 14 heteroatoms. The lowest BCUT2D eigenvalue weighted by atomic mass is 9.71. The summed E-state index contributed by atoms with van der Waals surface area (Å²) in [6.45, 7) is 25.3. The number of rotatable bonds is 7. The molecule has 0 heterocycles. The quantitative estimate of drug-likeness (QED) is 0.139. The van der Waals surface area contributed by atoms with Crippen molar-refractivity contribution in [2.75, 3.05) is 0 Å². The predicted molar refractivity (Wildman–Crippen MR) is 308 cm³/mol. The number of nitriles is 1. The van der Waals surface area contributed by atoms with E-state index >= 15 is 0 Å². The standard InChI is InChI=1S/C15H21NO2.C14H19NO2.C14H22O3.C13H20O3.C13H20O2/c1-3-15(18-9(2)17)7-11-6-14(15)13-5-10(8-16)4-12(11)13;1-8(16)17-14(2)6-11-9-4-10(12(11)7-14)13(5-9)15-3;1-3-14(17-8(2)15)7-9-4-13(14)12-6-10(16)5-11(9)12;1-7(14)16-13(2)5-10-8-3-9(11(10)6-13)12(15)4-8;1-8(14)15-13(2)6-11-9-3-4-10(5-9)12(11)7-13/h10-14H,3-7H2,1-2H3;9-13H,4-7H2,1-2H3;9-13,16H,3-7H2,1-2H3;8-12,15H,3-6H2,1-2H3;9-12H,3-7H2,1-2H3. The van der Waals surface area contributed by atoms with Crippen molar-refractivity contribution < 1.29 is 57.9 Å². The summed E-state index contributed by atoms with van der Waals surface area (Å²) < 4.78 is 27.9. The van der Waals surface area contributed by atoms with Gasteiger partial charge in [0.15, 0.2) is 0 Å². The van der Waals surface area contributed by atoms with Crippen molar-refractivity contribution in [3.63, 3.8) is 0 Å². The molecule has 0 aliphatic heterocycles. The zero-order valence-corrected chi connectivity index (χ0v) is 52.0. The number of aliphatic hydroxyl groups excluding tert-OH is 2. The Hall–Kier alpha value is -3.75. The van der Waals surface area contributed by atoms with E-state index < -0.39 is 0 Å². The van der Waals surface area contributed by atoms with E-state index in [9.17, 15) is 34.2 Å². The molecule has 0 spiro atoms. The smallest absolute Gasteiger partial charge is 0.303 e. The van der Waals surface area contributed by atoms with Gasteiger partial charge in [-0.1, -0.05) is 13.8 Å². The Morgan fingerprint density at radius 1 is 0.446 bits per heavy atom. The lowest BCUT2D eigenvalue weighted by Crippen LogP contribution is -2.44. The number of carbonyl (C=O) groups is 5. The zero-order valence-electron chi connectivity index (χ0n) is 52.0. The van der Waals surface area contributed by atoms with Gasteiger partial charge >= 0.3 is 29.8 Å². The number of hydrogen-bond acceptors (Lipinski definition) is 13. The minimum absolute atomic E-state index is 0.0917. The van der Waals surface area contributed by atoms with E-state index in [4.69, 9.17) is 35.5 Å². The van der Waals surface area contributed by atoms with Crippen molar-refractivity contribution in [1.29, 1.82) is 5.26 Å². The molecule has 0 amide bonds. The molecule has 15 aliphatic carbocycles. The van der Waals surface area contributed by atoms with E-state index in [0.717, 1.165) is 138 Å². The van der Waals surface area contributed by atoms with Crippen LogP contribution in [0, 0.1) is 142 Å². The highest BCUT2D eigenvalue weighted by molar-refractivity contribution is 5.68. The molecule has 0 aromatic heterocycles. The average Bonchev–Trinajstić information content (AvgIpc) is 1.76. The molecular weight excluding hydrogens is 1050 g/mol. The predicted octanol–water partition coefficient (Wildman–Crippen LogP) is 12.2. The monoisotopic (exact) mass is 1150 g/mol. The van der Waals surface area contributed by atoms with Gasteiger partial charge in [0.05, 0.1) is 18.3 Å². The molecule has 2 N–H and O–H groups in total. The molecule has 14 nitrogen and oxygen atoms in total. The second-order valence-electron chi connectivity index (χ2n) is 31.4. The van der Waals surface area contributed by atoms with E-state index in [1.54, 1.807) is 0 Å². The van der Waals surface area contributed by atoms with Gasteiger partial charge in [0.1, 0.15) is 28.0 Å². The van der Waals surface area contributed by atoms with Crippen LogP contribution in [0.3, 0.4) is 0 Å². The molecule has 28 unspecified atom stereocenters. The topological polar surface area (TPSA) is 200 Å². The summed E-state index contributed by atoms with van der Waals surface area (Å²) in [5.41, 5.74) is -1.07. The van der Waals surface area contributed by atoms with Crippen LogP contribution in [0.1, 0.15) is 217 Å². The van der Waals surface area contributed by atoms with Gasteiger partial charge in [0.25, 0.3) is 0 Å². The molecule has 83 heavy (non-hydrogen) atoms. The molecule has 0 saturated heterocycles. The van der Waals surface area contributed by atoms with E-state index in [-0.39, 0.29) is 82.0 Å². The molecule has 15 fully saturated rings. The van der Waals surface area contributed by atoms with Gasteiger partial charge in [-0.3, -0.25) is 24.0 Å². The molecule has 0 aromatic rings. The van der Waals surface area contributed by atoms with Crippen LogP contribution in [0.25, 0.3) is 4.85 Å². The van der Waals surface area contributed by atoms with Crippen molar-refractivity contribution in [2.24, 2.45) is 124 Å². The number of esters is 5. The molecule has 0 radical (unpaired) electrons. The Kier molecular flexibility index (Phi) is 16.7. The van der Waals surface area contributed by atoms with Crippen LogP contribution in [0.5, 0.6) is 0 Å². The van der Waals surface area contributed by atoms with Gasteiger partial charge in [-0.15, -0.1) is 0 Å². The van der Waals surface area contributed by atoms with Gasteiger partial charge < -0.3 is 38.7 Å². The molecule has 15 saturated carbocycles. The first-order chi connectivity index (χ1) is 39.2. The summed E-state index contributed by atoms with van der Waals surface area (Å²) in [6, 6.07) is 2.69. The first kappa shape index (κ1) is 60.9. The molecule has 15 aliphatic rings. The third-order valence-corrected chi connectivity index (χ3v) is 26.6. The largest absolute Gasteiger partial charge is 0.460 e. The first-order valence-electron chi connectivity index (χ1n) is 33.3. The molecule has 28 atom stereocenters. The fourth-order valence-corrected chi connectivity index (χ4v) is 24.5. The summed E-state index contributed by atoms with van der Waals surface area (Å²) in [5, 5.41) is 28.8. The Bertz CT molecular complexity index is 2560. The normalized spacial score (nSPS) is 51.4. The SMILES string of the molecule is CC(=O)OC1(C)CC2C3CC(O)C(C3)C2C1.CC(=O)OC1(C)CC2C3CCC(C3)C2C1.CCC1(OC(C)=O)CC2CC1C1CC(C#N)CC21.CCC1(OC(C)=O)CC2CC1C1CC(O)CC21.[C-]#[N+]C1CC2CC1C1CC(C)(OC(C)=O)CC21. The van der Waals surface area contributed by atoms with Crippen LogP contribution in [-0.4, -0.2) is 86.3 Å². The number of carbonyl (C=O) groups excluding carboxylic acids is 5. The molecule has 10 bridgehead atoms. The second-order valence-corrected chi connectivity index (χ2v) is 31.4. The van der Waals surface area contributed by atoms with Crippen LogP contribution >= 0.6 is 0 Å². The van der Waals surface area contributed by atoms with Crippen molar-refractivity contribution in [3.8, 4) is 6.07 Å². The molecule has 460 valence electrons. The molecular formula is C69H102N2O12. The van der Waals surface area contributed by atoms with Gasteiger partial charge in [-0.05, 0) is 263 Å². The number of nitrogens with zero attached hydrogens (tertiary/aromatic N) is 2.